The lowest BCUT2D eigenvalue weighted by atomic mass is 9.81. The highest BCUT2D eigenvalue weighted by Gasteiger charge is 2.47. The second-order valence-corrected chi connectivity index (χ2v) is 9.88. The van der Waals surface area contributed by atoms with E-state index in [-0.39, 0.29) is 12.3 Å². The Labute approximate surface area is 200 Å². The molecule has 0 radical (unpaired) electrons. The summed E-state index contributed by atoms with van der Waals surface area (Å²) in [6, 6.07) is 0. The maximum absolute atomic E-state index is 10.7. The van der Waals surface area contributed by atoms with Crippen molar-refractivity contribution in [3.8, 4) is 0 Å². The Kier molecular flexibility index (Phi) is 16.2. The molecule has 0 aromatic heterocycles. The molecule has 0 aromatic rings. The fourth-order valence-electron chi connectivity index (χ4n) is 4.92. The first-order valence-corrected chi connectivity index (χ1v) is 13.4. The van der Waals surface area contributed by atoms with Gasteiger partial charge >= 0.3 is 5.97 Å². The van der Waals surface area contributed by atoms with E-state index in [1.54, 1.807) is 6.92 Å². The summed E-state index contributed by atoms with van der Waals surface area (Å²) >= 11 is 0. The summed E-state index contributed by atoms with van der Waals surface area (Å²) in [7, 11) is 0. The zero-order chi connectivity index (χ0) is 24.6. The third-order valence-corrected chi connectivity index (χ3v) is 7.09. The van der Waals surface area contributed by atoms with Crippen molar-refractivity contribution in [2.45, 2.75) is 153 Å². The van der Waals surface area contributed by atoms with E-state index in [1.165, 1.54) is 25.7 Å². The predicted molar refractivity (Wildman–Crippen MR) is 129 cm³/mol. The van der Waals surface area contributed by atoms with Crippen molar-refractivity contribution in [3.05, 3.63) is 0 Å². The minimum absolute atomic E-state index is 0.0619. The molecule has 1 aliphatic rings. The van der Waals surface area contributed by atoms with Crippen LogP contribution in [0.15, 0.2) is 0 Å². The molecule has 196 valence electrons. The lowest BCUT2D eigenvalue weighted by Crippen LogP contribution is -2.62. The predicted octanol–water partition coefficient (Wildman–Crippen LogP) is 4.18. The fourth-order valence-corrected chi connectivity index (χ4v) is 4.92. The Morgan fingerprint density at radius 1 is 0.727 bits per heavy atom. The van der Waals surface area contributed by atoms with Gasteiger partial charge in [0.2, 0.25) is 0 Å². The van der Waals surface area contributed by atoms with Gasteiger partial charge in [-0.1, -0.05) is 84.5 Å². The molecule has 1 heterocycles. The normalized spacial score (nSPS) is 27.4. The van der Waals surface area contributed by atoms with E-state index in [1.807, 2.05) is 0 Å². The quantitative estimate of drug-likeness (QED) is 0.178. The van der Waals surface area contributed by atoms with Gasteiger partial charge in [-0.05, 0) is 31.6 Å². The molecule has 1 rings (SSSR count). The fraction of sp³-hybridized carbons (Fsp3) is 0.962. The summed E-state index contributed by atoms with van der Waals surface area (Å²) in [5.41, 5.74) is 0. The Morgan fingerprint density at radius 2 is 1.21 bits per heavy atom. The number of carboxylic acid groups (broad SMARTS) is 1. The highest BCUT2D eigenvalue weighted by Crippen LogP contribution is 2.33. The largest absolute Gasteiger partial charge is 0.481 e. The van der Waals surface area contributed by atoms with Crippen molar-refractivity contribution in [2.75, 3.05) is 0 Å². The van der Waals surface area contributed by atoms with Gasteiger partial charge in [-0.2, -0.15) is 0 Å². The zero-order valence-corrected chi connectivity index (χ0v) is 20.9. The number of ether oxygens (including phenoxy) is 1. The third-order valence-electron chi connectivity index (χ3n) is 7.09. The van der Waals surface area contributed by atoms with Gasteiger partial charge in [0.15, 0.2) is 0 Å². The maximum atomic E-state index is 10.7. The molecule has 7 nitrogen and oxygen atoms in total. The SMILES string of the molecule is CCCCCCCCC(CCCCCCCCC(=O)O)C1O[C@H](C(O)CC)[C@@H](O)[C@H](O)[C@H]1O. The molecule has 5 N–H and O–H groups in total. The molecule has 1 saturated heterocycles. The molecule has 3 unspecified atom stereocenters. The van der Waals surface area contributed by atoms with Gasteiger partial charge in [0.25, 0.3) is 0 Å². The van der Waals surface area contributed by atoms with Gasteiger partial charge < -0.3 is 30.3 Å². The monoisotopic (exact) mass is 474 g/mol. The molecule has 0 amide bonds. The first kappa shape index (κ1) is 30.3. The maximum Gasteiger partial charge on any atom is 0.303 e. The molecule has 7 heteroatoms. The summed E-state index contributed by atoms with van der Waals surface area (Å²) in [4.78, 5) is 10.6. The van der Waals surface area contributed by atoms with E-state index < -0.39 is 42.6 Å². The molecule has 1 aliphatic heterocycles. The number of rotatable bonds is 19. The highest BCUT2D eigenvalue weighted by molar-refractivity contribution is 5.66. The van der Waals surface area contributed by atoms with Gasteiger partial charge in [0, 0.05) is 6.42 Å². The summed E-state index contributed by atoms with van der Waals surface area (Å²) < 4.78 is 6.06. The van der Waals surface area contributed by atoms with Crippen LogP contribution >= 0.6 is 0 Å². The minimum atomic E-state index is -1.32. The Morgan fingerprint density at radius 3 is 1.73 bits per heavy atom. The number of aliphatic carboxylic acids is 1. The van der Waals surface area contributed by atoms with E-state index in [2.05, 4.69) is 6.92 Å². The van der Waals surface area contributed by atoms with Crippen LogP contribution in [0.25, 0.3) is 0 Å². The minimum Gasteiger partial charge on any atom is -0.481 e. The molecular weight excluding hydrogens is 424 g/mol. The average molecular weight is 475 g/mol. The van der Waals surface area contributed by atoms with Crippen LogP contribution in [0.3, 0.4) is 0 Å². The molecule has 33 heavy (non-hydrogen) atoms. The second-order valence-electron chi connectivity index (χ2n) is 9.88. The summed E-state index contributed by atoms with van der Waals surface area (Å²) in [5, 5.41) is 50.5. The first-order valence-electron chi connectivity index (χ1n) is 13.4. The number of unbranched alkanes of at least 4 members (excludes halogenated alkanes) is 10. The van der Waals surface area contributed by atoms with Crippen LogP contribution in [0.1, 0.15) is 117 Å². The molecule has 0 saturated carbocycles. The van der Waals surface area contributed by atoms with Crippen molar-refractivity contribution < 1.29 is 35.1 Å². The molecule has 0 spiro atoms. The van der Waals surface area contributed by atoms with E-state index in [4.69, 9.17) is 9.84 Å². The number of hydrogen-bond donors (Lipinski definition) is 5. The smallest absolute Gasteiger partial charge is 0.303 e. The van der Waals surface area contributed by atoms with Crippen LogP contribution in [0, 0.1) is 5.92 Å². The number of carbonyl (C=O) groups is 1. The van der Waals surface area contributed by atoms with Crippen molar-refractivity contribution >= 4 is 5.97 Å². The number of hydrogen-bond acceptors (Lipinski definition) is 6. The van der Waals surface area contributed by atoms with Gasteiger partial charge in [-0.3, -0.25) is 4.79 Å². The van der Waals surface area contributed by atoms with Gasteiger partial charge in [-0.25, -0.2) is 0 Å². The van der Waals surface area contributed by atoms with Crippen molar-refractivity contribution in [2.24, 2.45) is 5.92 Å². The van der Waals surface area contributed by atoms with Crippen LogP contribution in [-0.2, 0) is 9.53 Å². The van der Waals surface area contributed by atoms with E-state index >= 15 is 0 Å². The highest BCUT2D eigenvalue weighted by atomic mass is 16.5. The van der Waals surface area contributed by atoms with Crippen LogP contribution in [-0.4, -0.2) is 68.1 Å². The van der Waals surface area contributed by atoms with Gasteiger partial charge in [0.1, 0.15) is 24.4 Å². The summed E-state index contributed by atoms with van der Waals surface area (Å²) in [6.07, 6.45) is 9.04. The topological polar surface area (TPSA) is 127 Å². The van der Waals surface area contributed by atoms with Crippen LogP contribution in [0.2, 0.25) is 0 Å². The Bertz CT molecular complexity index is 501. The summed E-state index contributed by atoms with van der Waals surface area (Å²) in [6.45, 7) is 4.00. The van der Waals surface area contributed by atoms with E-state index in [9.17, 15) is 25.2 Å². The first-order chi connectivity index (χ1) is 15.8. The number of aliphatic hydroxyl groups excluding tert-OH is 4. The molecule has 0 aliphatic carbocycles. The lowest BCUT2D eigenvalue weighted by molar-refractivity contribution is -0.255. The number of carboxylic acids is 1. The van der Waals surface area contributed by atoms with Crippen molar-refractivity contribution in [1.82, 2.24) is 0 Å². The molecule has 1 fully saturated rings. The zero-order valence-electron chi connectivity index (χ0n) is 20.9. The summed E-state index contributed by atoms with van der Waals surface area (Å²) in [5.74, 6) is -0.677. The van der Waals surface area contributed by atoms with Crippen molar-refractivity contribution in [1.29, 1.82) is 0 Å². The average Bonchev–Trinajstić information content (AvgIpc) is 2.79. The van der Waals surface area contributed by atoms with Gasteiger partial charge in [-0.15, -0.1) is 0 Å². The number of aliphatic hydroxyl groups is 4. The Balaban J connectivity index is 2.61. The molecular formula is C26H50O7. The van der Waals surface area contributed by atoms with Crippen LogP contribution < -0.4 is 0 Å². The Hall–Kier alpha value is -0.730. The molecule has 0 bridgehead atoms. The van der Waals surface area contributed by atoms with Crippen LogP contribution in [0.5, 0.6) is 0 Å². The molecule has 0 aromatic carbocycles. The third kappa shape index (κ3) is 11.5. The molecule has 7 atom stereocenters. The van der Waals surface area contributed by atoms with Crippen LogP contribution in [0.4, 0.5) is 0 Å². The van der Waals surface area contributed by atoms with E-state index in [0.717, 1.165) is 64.2 Å². The second kappa shape index (κ2) is 17.7. The van der Waals surface area contributed by atoms with Gasteiger partial charge in [0.05, 0.1) is 12.2 Å². The van der Waals surface area contributed by atoms with Crippen molar-refractivity contribution in [3.63, 3.8) is 0 Å². The van der Waals surface area contributed by atoms with E-state index in [0.29, 0.717) is 6.42 Å². The standard InChI is InChI=1S/C26H50O7/c1-3-5-6-7-10-13-16-19(17-14-11-8-9-12-15-18-21(28)29)25-23(31)22(30)24(32)26(33-25)20(27)4-2/h19-20,22-27,30-32H,3-18H2,1-2H3,(H,28,29)/t19?,20?,22-,23-,24+,25?,26-/m1/s1. The lowest BCUT2D eigenvalue weighted by Gasteiger charge is -2.45.